The topological polar surface area (TPSA) is 32.3 Å². The van der Waals surface area contributed by atoms with Gasteiger partial charge in [0.05, 0.1) is 0 Å². The van der Waals surface area contributed by atoms with Gasteiger partial charge < -0.3 is 10.4 Å². The summed E-state index contributed by atoms with van der Waals surface area (Å²) in [7, 11) is 0. The smallest absolute Gasteiger partial charge is 0.120 e. The first kappa shape index (κ1) is 19.0. The van der Waals surface area contributed by atoms with E-state index < -0.39 is 0 Å². The SMILES string of the molecule is CCCCCCCCCCCC(C)NCc1ccccc1O. The summed E-state index contributed by atoms with van der Waals surface area (Å²) in [6.07, 6.45) is 13.7. The van der Waals surface area contributed by atoms with Crippen molar-refractivity contribution in [3.63, 3.8) is 0 Å². The second-order valence-corrected chi connectivity index (χ2v) is 6.53. The number of phenols is 1. The minimum Gasteiger partial charge on any atom is -0.508 e. The molecule has 0 heterocycles. The number of benzene rings is 1. The third kappa shape index (κ3) is 9.09. The molecule has 0 aromatic heterocycles. The van der Waals surface area contributed by atoms with Gasteiger partial charge in [-0.25, -0.2) is 0 Å². The van der Waals surface area contributed by atoms with Crippen molar-refractivity contribution in [2.24, 2.45) is 0 Å². The summed E-state index contributed by atoms with van der Waals surface area (Å²) in [5.41, 5.74) is 0.987. The zero-order valence-corrected chi connectivity index (χ0v) is 14.6. The van der Waals surface area contributed by atoms with Crippen molar-refractivity contribution in [2.75, 3.05) is 0 Å². The van der Waals surface area contributed by atoms with Crippen molar-refractivity contribution in [3.05, 3.63) is 29.8 Å². The van der Waals surface area contributed by atoms with Gasteiger partial charge in [0.2, 0.25) is 0 Å². The van der Waals surface area contributed by atoms with Crippen LogP contribution in [0.25, 0.3) is 0 Å². The number of phenolic OH excluding ortho intramolecular Hbond substituents is 1. The molecule has 0 saturated carbocycles. The summed E-state index contributed by atoms with van der Waals surface area (Å²) in [5, 5.41) is 13.2. The van der Waals surface area contributed by atoms with E-state index in [9.17, 15) is 5.11 Å². The summed E-state index contributed by atoms with van der Waals surface area (Å²) < 4.78 is 0. The van der Waals surface area contributed by atoms with Crippen LogP contribution in [-0.4, -0.2) is 11.1 Å². The van der Waals surface area contributed by atoms with E-state index in [2.05, 4.69) is 19.2 Å². The summed E-state index contributed by atoms with van der Waals surface area (Å²) >= 11 is 0. The van der Waals surface area contributed by atoms with E-state index in [-0.39, 0.29) is 0 Å². The summed E-state index contributed by atoms with van der Waals surface area (Å²) in [5.74, 6) is 0.394. The predicted molar refractivity (Wildman–Crippen MR) is 96.3 cm³/mol. The average Bonchev–Trinajstić information content (AvgIpc) is 2.52. The van der Waals surface area contributed by atoms with Crippen LogP contribution in [-0.2, 0) is 6.54 Å². The number of rotatable bonds is 13. The van der Waals surface area contributed by atoms with Gasteiger partial charge in [0.25, 0.3) is 0 Å². The quantitative estimate of drug-likeness (QED) is 0.452. The van der Waals surface area contributed by atoms with Crippen LogP contribution in [0.3, 0.4) is 0 Å². The first-order chi connectivity index (χ1) is 10.7. The van der Waals surface area contributed by atoms with Crippen molar-refractivity contribution >= 4 is 0 Å². The van der Waals surface area contributed by atoms with E-state index in [0.29, 0.717) is 11.8 Å². The Morgan fingerprint density at radius 1 is 0.909 bits per heavy atom. The lowest BCUT2D eigenvalue weighted by Crippen LogP contribution is -2.25. The summed E-state index contributed by atoms with van der Waals surface area (Å²) in [4.78, 5) is 0. The van der Waals surface area contributed by atoms with Gasteiger partial charge in [-0.1, -0.05) is 82.9 Å². The molecule has 0 aliphatic carbocycles. The van der Waals surface area contributed by atoms with Crippen molar-refractivity contribution in [1.29, 1.82) is 0 Å². The number of hydrogen-bond acceptors (Lipinski definition) is 2. The predicted octanol–water partition coefficient (Wildman–Crippen LogP) is 5.79. The van der Waals surface area contributed by atoms with Gasteiger partial charge in [0.1, 0.15) is 5.75 Å². The van der Waals surface area contributed by atoms with Crippen LogP contribution < -0.4 is 5.32 Å². The van der Waals surface area contributed by atoms with E-state index in [1.165, 1.54) is 64.2 Å². The van der Waals surface area contributed by atoms with Crippen LogP contribution in [0.15, 0.2) is 24.3 Å². The van der Waals surface area contributed by atoms with Gasteiger partial charge in [-0.2, -0.15) is 0 Å². The normalized spacial score (nSPS) is 12.5. The van der Waals surface area contributed by atoms with Crippen molar-refractivity contribution in [1.82, 2.24) is 5.32 Å². The average molecular weight is 306 g/mol. The summed E-state index contributed by atoms with van der Waals surface area (Å²) in [6, 6.07) is 8.09. The lowest BCUT2D eigenvalue weighted by molar-refractivity contribution is 0.448. The second-order valence-electron chi connectivity index (χ2n) is 6.53. The van der Waals surface area contributed by atoms with Crippen molar-refractivity contribution in [3.8, 4) is 5.75 Å². The fourth-order valence-corrected chi connectivity index (χ4v) is 2.81. The Hall–Kier alpha value is -1.02. The highest BCUT2D eigenvalue weighted by atomic mass is 16.3. The highest BCUT2D eigenvalue weighted by Crippen LogP contribution is 2.16. The van der Waals surface area contributed by atoms with Crippen LogP contribution >= 0.6 is 0 Å². The molecule has 1 unspecified atom stereocenters. The molecule has 0 fully saturated rings. The van der Waals surface area contributed by atoms with Crippen molar-refractivity contribution < 1.29 is 5.11 Å². The molecule has 1 aromatic carbocycles. The highest BCUT2D eigenvalue weighted by Gasteiger charge is 2.04. The Balaban J connectivity index is 1.95. The van der Waals surface area contributed by atoms with Crippen LogP contribution in [0.5, 0.6) is 5.75 Å². The van der Waals surface area contributed by atoms with Crippen LogP contribution in [0.4, 0.5) is 0 Å². The maximum atomic E-state index is 9.73. The molecule has 22 heavy (non-hydrogen) atoms. The highest BCUT2D eigenvalue weighted by molar-refractivity contribution is 5.31. The van der Waals surface area contributed by atoms with Crippen LogP contribution in [0, 0.1) is 0 Å². The molecular formula is C20H35NO. The Bertz CT molecular complexity index is 378. The van der Waals surface area contributed by atoms with Gasteiger partial charge >= 0.3 is 0 Å². The molecule has 0 aliphatic rings. The number of para-hydroxylation sites is 1. The van der Waals surface area contributed by atoms with Gasteiger partial charge in [-0.05, 0) is 19.4 Å². The number of unbranched alkanes of at least 4 members (excludes halogenated alkanes) is 8. The largest absolute Gasteiger partial charge is 0.508 e. The molecule has 1 atom stereocenters. The number of aromatic hydroxyl groups is 1. The molecule has 126 valence electrons. The molecule has 1 rings (SSSR count). The first-order valence-corrected chi connectivity index (χ1v) is 9.24. The molecular weight excluding hydrogens is 270 g/mol. The first-order valence-electron chi connectivity index (χ1n) is 9.24. The molecule has 0 spiro atoms. The molecule has 2 heteroatoms. The van der Waals surface area contributed by atoms with E-state index in [0.717, 1.165) is 12.1 Å². The zero-order valence-electron chi connectivity index (χ0n) is 14.6. The fourth-order valence-electron chi connectivity index (χ4n) is 2.81. The minimum absolute atomic E-state index is 0.394. The van der Waals surface area contributed by atoms with Gasteiger partial charge in [0.15, 0.2) is 0 Å². The third-order valence-electron chi connectivity index (χ3n) is 4.37. The second kappa shape index (κ2) is 12.5. The Kier molecular flexibility index (Phi) is 10.8. The lowest BCUT2D eigenvalue weighted by atomic mass is 10.0. The van der Waals surface area contributed by atoms with E-state index in [4.69, 9.17) is 0 Å². The van der Waals surface area contributed by atoms with Crippen molar-refractivity contribution in [2.45, 2.75) is 90.6 Å². The maximum absolute atomic E-state index is 9.73. The molecule has 0 radical (unpaired) electrons. The van der Waals surface area contributed by atoms with E-state index in [1.54, 1.807) is 6.07 Å². The molecule has 2 N–H and O–H groups in total. The molecule has 0 aliphatic heterocycles. The minimum atomic E-state index is 0.394. The van der Waals surface area contributed by atoms with E-state index >= 15 is 0 Å². The van der Waals surface area contributed by atoms with Crippen LogP contribution in [0.2, 0.25) is 0 Å². The standard InChI is InChI=1S/C20H35NO/c1-3-4-5-6-7-8-9-10-11-14-18(2)21-17-19-15-12-13-16-20(19)22/h12-13,15-16,18,21-22H,3-11,14,17H2,1-2H3. The van der Waals surface area contributed by atoms with E-state index in [1.807, 2.05) is 18.2 Å². The van der Waals surface area contributed by atoms with Crippen LogP contribution in [0.1, 0.15) is 83.6 Å². The Morgan fingerprint density at radius 2 is 1.50 bits per heavy atom. The van der Waals surface area contributed by atoms with Gasteiger partial charge in [-0.15, -0.1) is 0 Å². The zero-order chi connectivity index (χ0) is 16.0. The van der Waals surface area contributed by atoms with Gasteiger partial charge in [0, 0.05) is 18.2 Å². The maximum Gasteiger partial charge on any atom is 0.120 e. The molecule has 0 bridgehead atoms. The number of hydrogen-bond donors (Lipinski definition) is 2. The molecule has 0 amide bonds. The number of nitrogens with one attached hydrogen (secondary N) is 1. The summed E-state index contributed by atoms with van der Waals surface area (Å²) in [6.45, 7) is 5.27. The van der Waals surface area contributed by atoms with Gasteiger partial charge in [-0.3, -0.25) is 0 Å². The molecule has 1 aromatic rings. The lowest BCUT2D eigenvalue weighted by Gasteiger charge is -2.14. The Labute approximate surface area is 137 Å². The molecule has 2 nitrogen and oxygen atoms in total. The Morgan fingerprint density at radius 3 is 2.14 bits per heavy atom. The fraction of sp³-hybridized carbons (Fsp3) is 0.700. The monoisotopic (exact) mass is 305 g/mol. The molecule has 0 saturated heterocycles. The third-order valence-corrected chi connectivity index (χ3v) is 4.37.